The summed E-state index contributed by atoms with van der Waals surface area (Å²) in [7, 11) is 0. The van der Waals surface area contributed by atoms with E-state index in [2.05, 4.69) is 15.7 Å². The van der Waals surface area contributed by atoms with E-state index in [0.29, 0.717) is 30.4 Å². The Morgan fingerprint density at radius 2 is 2.26 bits per heavy atom. The highest BCUT2D eigenvalue weighted by Gasteiger charge is 2.31. The number of carbonyl (C=O) groups is 1. The summed E-state index contributed by atoms with van der Waals surface area (Å²) in [5.41, 5.74) is 9.83. The average Bonchev–Trinajstić information content (AvgIpc) is 2.92. The topological polar surface area (TPSA) is 85.0 Å². The van der Waals surface area contributed by atoms with Crippen molar-refractivity contribution in [3.05, 3.63) is 40.0 Å². The fraction of sp³-hybridized carbons (Fsp3) is 0.375. The number of benzene rings is 1. The van der Waals surface area contributed by atoms with Gasteiger partial charge in [0.25, 0.3) is 5.91 Å². The van der Waals surface area contributed by atoms with E-state index < -0.39 is 0 Å². The van der Waals surface area contributed by atoms with Crippen LogP contribution in [0.15, 0.2) is 18.2 Å². The number of halogens is 1. The fourth-order valence-corrected chi connectivity index (χ4v) is 3.68. The lowest BCUT2D eigenvalue weighted by molar-refractivity contribution is 0.0859. The fourth-order valence-electron chi connectivity index (χ4n) is 3.43. The summed E-state index contributed by atoms with van der Waals surface area (Å²) in [6.07, 6.45) is 1.51. The van der Waals surface area contributed by atoms with Gasteiger partial charge in [0.1, 0.15) is 5.82 Å². The van der Waals surface area contributed by atoms with E-state index in [1.165, 1.54) is 4.68 Å². The van der Waals surface area contributed by atoms with Crippen LogP contribution in [0.4, 0.5) is 11.5 Å². The molecule has 2 aliphatic rings. The first kappa shape index (κ1) is 14.5. The molecular weight excluding hydrogens is 314 g/mol. The third-order valence-corrected chi connectivity index (χ3v) is 4.93. The predicted octanol–water partition coefficient (Wildman–Crippen LogP) is 2.00. The van der Waals surface area contributed by atoms with Gasteiger partial charge in [-0.25, -0.2) is 0 Å². The maximum atomic E-state index is 13.0. The molecule has 0 radical (unpaired) electrons. The molecule has 0 fully saturated rings. The molecule has 7 heteroatoms. The average molecular weight is 332 g/mol. The highest BCUT2D eigenvalue weighted by molar-refractivity contribution is 6.33. The van der Waals surface area contributed by atoms with Crippen LogP contribution in [0.3, 0.4) is 0 Å². The summed E-state index contributed by atoms with van der Waals surface area (Å²) < 4.78 is 1.39. The second kappa shape index (κ2) is 5.54. The first-order valence-corrected chi connectivity index (χ1v) is 8.18. The van der Waals surface area contributed by atoms with E-state index in [4.69, 9.17) is 17.3 Å². The van der Waals surface area contributed by atoms with Crippen molar-refractivity contribution in [3.8, 4) is 0 Å². The molecule has 3 heterocycles. The molecule has 1 aromatic carbocycles. The minimum Gasteiger partial charge on any atom is -0.384 e. The van der Waals surface area contributed by atoms with Gasteiger partial charge in [-0.1, -0.05) is 23.7 Å². The van der Waals surface area contributed by atoms with Gasteiger partial charge in [-0.05, 0) is 31.0 Å². The first-order valence-electron chi connectivity index (χ1n) is 7.80. The molecule has 0 unspecified atom stereocenters. The Morgan fingerprint density at radius 3 is 3.09 bits per heavy atom. The molecule has 0 saturated heterocycles. The molecular formula is C16H18ClN5O. The molecule has 2 aliphatic heterocycles. The molecule has 0 amide bonds. The molecule has 4 rings (SSSR count). The maximum absolute atomic E-state index is 13.0. The van der Waals surface area contributed by atoms with Crippen molar-refractivity contribution in [2.75, 3.05) is 24.1 Å². The van der Waals surface area contributed by atoms with Crippen molar-refractivity contribution in [2.24, 2.45) is 0 Å². The van der Waals surface area contributed by atoms with Crippen molar-refractivity contribution in [2.45, 2.75) is 25.3 Å². The zero-order valence-corrected chi connectivity index (χ0v) is 13.4. The SMILES string of the molecule is Nc1c2c(nn1C(=O)[C@H]1CCNc3c(Cl)cccc31)CNCC2. The number of aromatic nitrogens is 2. The lowest BCUT2D eigenvalue weighted by Crippen LogP contribution is -2.28. The van der Waals surface area contributed by atoms with E-state index in [0.717, 1.165) is 35.5 Å². The summed E-state index contributed by atoms with van der Waals surface area (Å²) >= 11 is 6.24. The normalized spacial score (nSPS) is 19.6. The van der Waals surface area contributed by atoms with Gasteiger partial charge >= 0.3 is 0 Å². The van der Waals surface area contributed by atoms with Gasteiger partial charge in [-0.3, -0.25) is 4.79 Å². The number of hydrogen-bond acceptors (Lipinski definition) is 5. The Kier molecular flexibility index (Phi) is 3.50. The molecule has 23 heavy (non-hydrogen) atoms. The number of nitrogens with two attached hydrogens (primary N) is 1. The van der Waals surface area contributed by atoms with E-state index in [-0.39, 0.29) is 11.8 Å². The number of fused-ring (bicyclic) bond motifs is 2. The number of carbonyl (C=O) groups excluding carboxylic acids is 1. The predicted molar refractivity (Wildman–Crippen MR) is 90.0 cm³/mol. The van der Waals surface area contributed by atoms with Crippen LogP contribution in [0.2, 0.25) is 5.02 Å². The largest absolute Gasteiger partial charge is 0.384 e. The first-order chi connectivity index (χ1) is 11.2. The molecule has 4 N–H and O–H groups in total. The van der Waals surface area contributed by atoms with Gasteiger partial charge < -0.3 is 16.4 Å². The van der Waals surface area contributed by atoms with Gasteiger partial charge in [-0.15, -0.1) is 0 Å². The number of nitrogens with zero attached hydrogens (tertiary/aromatic N) is 2. The molecule has 120 valence electrons. The van der Waals surface area contributed by atoms with Gasteiger partial charge in [0.05, 0.1) is 22.3 Å². The highest BCUT2D eigenvalue weighted by Crippen LogP contribution is 2.37. The Bertz CT molecular complexity index is 785. The van der Waals surface area contributed by atoms with Crippen LogP contribution < -0.4 is 16.4 Å². The summed E-state index contributed by atoms with van der Waals surface area (Å²) in [5.74, 6) is 0.122. The van der Waals surface area contributed by atoms with Gasteiger partial charge in [0.2, 0.25) is 0 Å². The van der Waals surface area contributed by atoms with E-state index >= 15 is 0 Å². The third kappa shape index (κ3) is 2.29. The second-order valence-corrected chi connectivity index (χ2v) is 6.37. The zero-order valence-electron chi connectivity index (χ0n) is 12.6. The third-order valence-electron chi connectivity index (χ3n) is 4.61. The lowest BCUT2D eigenvalue weighted by Gasteiger charge is -2.26. The highest BCUT2D eigenvalue weighted by atomic mass is 35.5. The van der Waals surface area contributed by atoms with Crippen LogP contribution in [-0.4, -0.2) is 28.8 Å². The summed E-state index contributed by atoms with van der Waals surface area (Å²) in [5, 5.41) is 11.6. The Labute approximate surface area is 139 Å². The van der Waals surface area contributed by atoms with Crippen LogP contribution >= 0.6 is 11.6 Å². The number of anilines is 2. The minimum atomic E-state index is -0.276. The molecule has 2 aromatic rings. The van der Waals surface area contributed by atoms with Gasteiger partial charge in [0.15, 0.2) is 0 Å². The van der Waals surface area contributed by atoms with Gasteiger partial charge in [-0.2, -0.15) is 9.78 Å². The van der Waals surface area contributed by atoms with E-state index in [9.17, 15) is 4.79 Å². The smallest absolute Gasteiger partial charge is 0.256 e. The monoisotopic (exact) mass is 331 g/mol. The van der Waals surface area contributed by atoms with Crippen LogP contribution in [-0.2, 0) is 13.0 Å². The number of nitrogen functional groups attached to an aromatic ring is 1. The Morgan fingerprint density at radius 1 is 1.39 bits per heavy atom. The van der Waals surface area contributed by atoms with Crippen molar-refractivity contribution in [1.29, 1.82) is 0 Å². The van der Waals surface area contributed by atoms with Crippen LogP contribution in [0, 0.1) is 0 Å². The molecule has 0 bridgehead atoms. The van der Waals surface area contributed by atoms with Crippen LogP contribution in [0.5, 0.6) is 0 Å². The zero-order chi connectivity index (χ0) is 16.0. The van der Waals surface area contributed by atoms with E-state index in [1.807, 2.05) is 18.2 Å². The minimum absolute atomic E-state index is 0.0816. The van der Waals surface area contributed by atoms with Crippen molar-refractivity contribution < 1.29 is 4.79 Å². The van der Waals surface area contributed by atoms with Crippen LogP contribution in [0.1, 0.15) is 34.0 Å². The molecule has 0 spiro atoms. The summed E-state index contributed by atoms with van der Waals surface area (Å²) in [6, 6.07) is 5.64. The number of nitrogens with one attached hydrogen (secondary N) is 2. The molecule has 1 atom stereocenters. The number of hydrogen-bond donors (Lipinski definition) is 3. The maximum Gasteiger partial charge on any atom is 0.256 e. The Balaban J connectivity index is 1.74. The summed E-state index contributed by atoms with van der Waals surface area (Å²) in [6.45, 7) is 2.23. The Hall–Kier alpha value is -2.05. The number of para-hydroxylation sites is 1. The quantitative estimate of drug-likeness (QED) is 0.744. The van der Waals surface area contributed by atoms with Gasteiger partial charge in [0, 0.05) is 18.7 Å². The molecule has 1 aromatic heterocycles. The number of rotatable bonds is 1. The molecule has 0 aliphatic carbocycles. The van der Waals surface area contributed by atoms with Crippen LogP contribution in [0.25, 0.3) is 0 Å². The molecule has 6 nitrogen and oxygen atoms in total. The summed E-state index contributed by atoms with van der Waals surface area (Å²) in [4.78, 5) is 13.0. The standard InChI is InChI=1S/C16H18ClN5O/c17-12-3-1-2-9-10(5-7-20-14(9)12)16(23)22-15(18)11-4-6-19-8-13(11)21-22/h1-3,10,19-20H,4-8,18H2/t10-/m0/s1. The second-order valence-electron chi connectivity index (χ2n) is 5.96. The van der Waals surface area contributed by atoms with Crippen molar-refractivity contribution in [3.63, 3.8) is 0 Å². The van der Waals surface area contributed by atoms with Crippen molar-refractivity contribution >= 4 is 29.0 Å². The molecule has 0 saturated carbocycles. The lowest BCUT2D eigenvalue weighted by atomic mass is 9.90. The van der Waals surface area contributed by atoms with Crippen molar-refractivity contribution in [1.82, 2.24) is 15.1 Å². The van der Waals surface area contributed by atoms with E-state index in [1.54, 1.807) is 0 Å².